The van der Waals surface area contributed by atoms with Gasteiger partial charge in [-0.05, 0) is 120 Å². The van der Waals surface area contributed by atoms with Gasteiger partial charge < -0.3 is 65.8 Å². The molecule has 53 heavy (non-hydrogen) atoms. The van der Waals surface area contributed by atoms with Crippen LogP contribution < -0.4 is 0 Å². The Morgan fingerprint density at radius 1 is 0.472 bits per heavy atom. The van der Waals surface area contributed by atoms with Gasteiger partial charge >= 0.3 is 36.4 Å². The van der Waals surface area contributed by atoms with Crippen LogP contribution in [0.5, 0.6) is 0 Å². The van der Waals surface area contributed by atoms with Crippen molar-refractivity contribution in [3.63, 3.8) is 0 Å². The first-order valence-corrected chi connectivity index (χ1v) is 54.1. The van der Waals surface area contributed by atoms with Crippen molar-refractivity contribution in [1.29, 1.82) is 0 Å². The molecule has 0 amide bonds. The van der Waals surface area contributed by atoms with Crippen LogP contribution in [0.15, 0.2) is 0 Å². The van der Waals surface area contributed by atoms with Crippen LogP contribution in [0.1, 0.15) is 0 Å². The van der Waals surface area contributed by atoms with Crippen molar-refractivity contribution in [1.82, 2.24) is 0 Å². The molecule has 0 aromatic carbocycles. The lowest BCUT2D eigenvalue weighted by atomic mass is 10.9. The van der Waals surface area contributed by atoms with E-state index in [2.05, 4.69) is 72.0 Å². The van der Waals surface area contributed by atoms with Crippen LogP contribution in [-0.4, -0.2) is 168 Å². The van der Waals surface area contributed by atoms with Crippen LogP contribution >= 0.6 is 0 Å². The maximum absolute atomic E-state index is 6.61. The molecule has 3 aliphatic heterocycles. The molecule has 6 unspecified atom stereocenters. The smallest absolute Gasteiger partial charge is 0.316 e. The number of rotatable bonds is 20. The van der Waals surface area contributed by atoms with Gasteiger partial charge in [-0.15, -0.1) is 0 Å². The third kappa shape index (κ3) is 23.2. The summed E-state index contributed by atoms with van der Waals surface area (Å²) in [7, 11) is -26.7. The molecule has 0 radical (unpaired) electrons. The van der Waals surface area contributed by atoms with E-state index in [1.807, 2.05) is 0 Å². The van der Waals surface area contributed by atoms with Crippen molar-refractivity contribution in [2.24, 2.45) is 0 Å². The van der Waals surface area contributed by atoms with E-state index in [4.69, 9.17) is 65.8 Å². The van der Waals surface area contributed by atoms with Gasteiger partial charge in [-0.25, -0.2) is 0 Å². The first kappa shape index (κ1) is 50.6. The number of hydrogen-bond acceptors (Lipinski definition) is 16. The van der Waals surface area contributed by atoms with Gasteiger partial charge in [0.25, 0.3) is 94.3 Å². The summed E-state index contributed by atoms with van der Waals surface area (Å²) in [6, 6.07) is 8.03. The van der Waals surface area contributed by atoms with Crippen molar-refractivity contribution >= 4 is 168 Å². The molecule has 0 N–H and O–H groups in total. The van der Waals surface area contributed by atoms with Crippen LogP contribution in [0.25, 0.3) is 0 Å². The first-order chi connectivity index (χ1) is 25.1. The lowest BCUT2D eigenvalue weighted by Crippen LogP contribution is -2.53. The second kappa shape index (κ2) is 27.3. The van der Waals surface area contributed by atoms with Crippen molar-refractivity contribution in [3.8, 4) is 0 Å². The van der Waals surface area contributed by atoms with E-state index in [0.717, 1.165) is 48.4 Å². The fourth-order valence-electron chi connectivity index (χ4n) is 6.14. The maximum atomic E-state index is 6.61. The van der Waals surface area contributed by atoms with Crippen LogP contribution in [0.3, 0.4) is 0 Å². The largest absolute Gasteiger partial charge is 0.446 e. The lowest BCUT2D eigenvalue weighted by molar-refractivity contribution is 0.272. The standard InChI is InChI=1S/C19H70O16Si18/c1-41-24-43(3)28-49(29-44(4)25-41)15-12-36-20-39-21-38-14-18-53(11)34-47(7)32-50(33-48(8)35-53)16-13-37-22-40-23-52(9,10)19-17-51-30-45(5)26-42(2)27-46(6)31-51/h41-51H,12-19,36-40H2,1-11H3. The minimum atomic E-state index is -2.34. The molecule has 0 saturated carbocycles. The summed E-state index contributed by atoms with van der Waals surface area (Å²) in [5.41, 5.74) is 0. The zero-order valence-corrected chi connectivity index (χ0v) is 55.8. The monoisotopic (exact) mass is 1060 g/mol. The van der Waals surface area contributed by atoms with Gasteiger partial charge in [0.2, 0.25) is 0 Å². The minimum Gasteiger partial charge on any atom is -0.446 e. The highest BCUT2D eigenvalue weighted by molar-refractivity contribution is 6.82. The average Bonchev–Trinajstić information content (AvgIpc) is 3.01. The highest BCUT2D eigenvalue weighted by atomic mass is 28.5. The fraction of sp³-hybridized carbons (Fsp3) is 1.00. The SMILES string of the molecule is C[SiH]1O[SiH](C)O[SiH](CC[SiH2]O[SiH2]O[SiH2]CC[Si]2(C)O[SiH](C)O[SiH](CC[SiH2]O[SiH2]O[Si](C)(C)CC[SiH]3O[SiH](C)O[SiH](C)O[SiH](C)O3)O[SiH](C)O2)O[SiH](C)O1. The van der Waals surface area contributed by atoms with Gasteiger partial charge in [-0.3, -0.25) is 0 Å². The van der Waals surface area contributed by atoms with Gasteiger partial charge in [0, 0.05) is 0 Å². The number of hydrogen-bond donors (Lipinski definition) is 0. The predicted octanol–water partition coefficient (Wildman–Crippen LogP) is -3.46. The Labute approximate surface area is 351 Å². The predicted molar refractivity (Wildman–Crippen MR) is 253 cm³/mol. The summed E-state index contributed by atoms with van der Waals surface area (Å²) in [5, 5.41) is 0. The van der Waals surface area contributed by atoms with Gasteiger partial charge in [-0.1, -0.05) is 0 Å². The maximum Gasteiger partial charge on any atom is 0.316 e. The van der Waals surface area contributed by atoms with E-state index >= 15 is 0 Å². The molecule has 34 heteroatoms. The molecule has 0 spiro atoms. The van der Waals surface area contributed by atoms with E-state index in [-0.39, 0.29) is 0 Å². The highest BCUT2D eigenvalue weighted by Crippen LogP contribution is 2.24. The molecular formula is C19H70O16Si18. The van der Waals surface area contributed by atoms with Crippen LogP contribution in [0, 0.1) is 0 Å². The first-order valence-electron chi connectivity index (χ1n) is 19.4. The van der Waals surface area contributed by atoms with E-state index in [1.54, 1.807) is 0 Å². The molecular weight excluding hydrogens is 990 g/mol. The zero-order chi connectivity index (χ0) is 38.9. The summed E-state index contributed by atoms with van der Waals surface area (Å²) in [6.07, 6.45) is 0. The molecule has 6 atom stereocenters. The van der Waals surface area contributed by atoms with Gasteiger partial charge in [0.1, 0.15) is 29.3 Å². The summed E-state index contributed by atoms with van der Waals surface area (Å²) in [4.78, 5) is 0. The second-order valence-corrected chi connectivity index (χ2v) is 57.2. The van der Waals surface area contributed by atoms with Crippen molar-refractivity contribution in [2.45, 2.75) is 120 Å². The highest BCUT2D eigenvalue weighted by Gasteiger charge is 2.40. The Kier molecular flexibility index (Phi) is 26.0. The van der Waals surface area contributed by atoms with Gasteiger partial charge in [0.15, 0.2) is 8.32 Å². The summed E-state index contributed by atoms with van der Waals surface area (Å²) in [6.45, 7) is 23.5. The molecule has 3 fully saturated rings. The fourth-order valence-corrected chi connectivity index (χ4v) is 63.7. The Morgan fingerprint density at radius 3 is 1.28 bits per heavy atom. The topological polar surface area (TPSA) is 148 Å². The Morgan fingerprint density at radius 2 is 0.830 bits per heavy atom. The van der Waals surface area contributed by atoms with Crippen LogP contribution in [0.2, 0.25) is 120 Å². The molecule has 0 aromatic rings. The average molecular weight is 1060 g/mol. The Bertz CT molecular complexity index is 955. The third-order valence-electron chi connectivity index (χ3n) is 8.48. The molecule has 314 valence electrons. The van der Waals surface area contributed by atoms with Crippen molar-refractivity contribution < 1.29 is 65.8 Å². The van der Waals surface area contributed by atoms with Crippen LogP contribution in [0.4, 0.5) is 0 Å². The van der Waals surface area contributed by atoms with Gasteiger partial charge in [0.05, 0.1) is 0 Å². The van der Waals surface area contributed by atoms with Gasteiger partial charge in [-0.2, -0.15) is 0 Å². The third-order valence-corrected chi connectivity index (χ3v) is 63.2. The van der Waals surface area contributed by atoms with E-state index in [9.17, 15) is 0 Å². The van der Waals surface area contributed by atoms with E-state index in [0.29, 0.717) is 0 Å². The molecule has 0 aliphatic carbocycles. The Hall–Kier alpha value is 3.26. The summed E-state index contributed by atoms with van der Waals surface area (Å²) >= 11 is 0. The molecule has 3 rings (SSSR count). The molecule has 16 nitrogen and oxygen atoms in total. The lowest BCUT2D eigenvalue weighted by Gasteiger charge is -2.37. The molecule has 0 bridgehead atoms. The van der Waals surface area contributed by atoms with Crippen LogP contribution in [-0.2, 0) is 65.8 Å². The Balaban J connectivity index is 1.22. The molecule has 0 aromatic heterocycles. The molecule has 3 saturated heterocycles. The van der Waals surface area contributed by atoms with Crippen molar-refractivity contribution in [3.05, 3.63) is 0 Å². The van der Waals surface area contributed by atoms with E-state index in [1.165, 1.54) is 0 Å². The minimum absolute atomic E-state index is 0.604. The molecule has 3 aliphatic rings. The van der Waals surface area contributed by atoms with Crippen molar-refractivity contribution in [2.75, 3.05) is 0 Å². The normalized spacial score (nSPS) is 38.0. The molecule has 3 heterocycles. The van der Waals surface area contributed by atoms with E-state index < -0.39 is 168 Å². The summed E-state index contributed by atoms with van der Waals surface area (Å²) in [5.74, 6) is 0. The zero-order valence-electron chi connectivity index (χ0n) is 34.1. The summed E-state index contributed by atoms with van der Waals surface area (Å²) < 4.78 is 99.9. The second-order valence-electron chi connectivity index (χ2n) is 14.4. The quantitative estimate of drug-likeness (QED) is 0.0879.